The summed E-state index contributed by atoms with van der Waals surface area (Å²) in [7, 11) is -2.81. The maximum Gasteiger partial charge on any atom is 0.420 e. The Morgan fingerprint density at radius 3 is 2.62 bits per heavy atom. The van der Waals surface area contributed by atoms with Gasteiger partial charge in [-0.15, -0.1) is 11.3 Å². The summed E-state index contributed by atoms with van der Waals surface area (Å²) < 4.78 is 36.0. The van der Waals surface area contributed by atoms with Crippen LogP contribution < -0.4 is 0 Å². The number of carbonyl (C=O) groups is 1. The molecule has 1 aromatic heterocycles. The van der Waals surface area contributed by atoms with Gasteiger partial charge in [0.25, 0.3) is 0 Å². The second kappa shape index (κ2) is 3.51. The maximum absolute atomic E-state index is 12.6. The fourth-order valence-electron chi connectivity index (χ4n) is 0.575. The van der Waals surface area contributed by atoms with Crippen LogP contribution >= 0.6 is 11.3 Å². The van der Waals surface area contributed by atoms with E-state index in [4.69, 9.17) is 5.11 Å². The molecule has 1 rings (SSSR count). The zero-order chi connectivity index (χ0) is 10.1. The van der Waals surface area contributed by atoms with Gasteiger partial charge in [-0.3, -0.25) is 0 Å². The molecule has 0 saturated heterocycles. The van der Waals surface area contributed by atoms with Crippen molar-refractivity contribution in [2.75, 3.05) is 0 Å². The number of halogens is 2. The average molecular weight is 226 g/mol. The Morgan fingerprint density at radius 1 is 1.62 bits per heavy atom. The van der Waals surface area contributed by atoms with Crippen molar-refractivity contribution in [2.24, 2.45) is 0 Å². The van der Waals surface area contributed by atoms with Gasteiger partial charge in [0.15, 0.2) is 0 Å². The number of aliphatic carboxylic acids is 1. The van der Waals surface area contributed by atoms with E-state index in [2.05, 4.69) is 0 Å². The van der Waals surface area contributed by atoms with Crippen LogP contribution in [0.3, 0.4) is 0 Å². The van der Waals surface area contributed by atoms with Gasteiger partial charge in [0.2, 0.25) is 0 Å². The number of carboxylic acid groups (broad SMARTS) is 1. The fraction of sp³-hybridized carbons (Fsp3) is 0.167. The van der Waals surface area contributed by atoms with Gasteiger partial charge in [-0.25, -0.2) is 9.00 Å². The summed E-state index contributed by atoms with van der Waals surface area (Å²) in [6.07, 6.45) is 0. The second-order valence-electron chi connectivity index (χ2n) is 2.02. The summed E-state index contributed by atoms with van der Waals surface area (Å²) in [5, 5.41) is 5.30. The van der Waals surface area contributed by atoms with Gasteiger partial charge in [-0.2, -0.15) is 8.78 Å². The molecule has 13 heavy (non-hydrogen) atoms. The Morgan fingerprint density at radius 2 is 2.23 bits per heavy atom. The number of hydrogen-bond acceptors (Lipinski definition) is 3. The number of alkyl halides is 2. The van der Waals surface area contributed by atoms with E-state index in [1.54, 1.807) is 0 Å². The Labute approximate surface area is 78.5 Å². The smallest absolute Gasteiger partial charge is 0.420 e. The predicted molar refractivity (Wildman–Crippen MR) is 43.3 cm³/mol. The quantitative estimate of drug-likeness (QED) is 0.850. The van der Waals surface area contributed by atoms with Crippen molar-refractivity contribution in [3.63, 3.8) is 0 Å². The Bertz CT molecular complexity index is 334. The first-order chi connectivity index (χ1) is 5.96. The van der Waals surface area contributed by atoms with Crippen LogP contribution in [0.15, 0.2) is 21.7 Å². The molecule has 1 aromatic rings. The van der Waals surface area contributed by atoms with E-state index >= 15 is 0 Å². The fourth-order valence-corrected chi connectivity index (χ4v) is 2.47. The summed E-state index contributed by atoms with van der Waals surface area (Å²) in [6.45, 7) is 0. The monoisotopic (exact) mass is 226 g/mol. The first kappa shape index (κ1) is 10.3. The molecule has 0 aliphatic rings. The summed E-state index contributed by atoms with van der Waals surface area (Å²) in [4.78, 5) is 10.0. The van der Waals surface area contributed by atoms with Crippen LogP contribution in [0.1, 0.15) is 0 Å². The van der Waals surface area contributed by atoms with E-state index in [0.29, 0.717) is 0 Å². The normalized spacial score (nSPS) is 14.0. The standard InChI is InChI=1S/C6H4F2O3S2/c7-6(8,5(9)10)13(11)4-2-1-3-12-4/h1-3H,(H,9,10)/t13-/m0/s1. The SMILES string of the molecule is O=C(O)C(F)(F)[S@@](=O)c1cccs1. The zero-order valence-corrected chi connectivity index (χ0v) is 7.70. The van der Waals surface area contributed by atoms with E-state index in [1.165, 1.54) is 17.5 Å². The Hall–Kier alpha value is -0.820. The van der Waals surface area contributed by atoms with Crippen LogP contribution in [-0.2, 0) is 15.6 Å². The zero-order valence-electron chi connectivity index (χ0n) is 6.07. The van der Waals surface area contributed by atoms with Crippen molar-refractivity contribution in [1.29, 1.82) is 0 Å². The van der Waals surface area contributed by atoms with E-state index in [9.17, 15) is 17.8 Å². The molecule has 0 aromatic carbocycles. The molecule has 7 heteroatoms. The van der Waals surface area contributed by atoms with E-state index in [0.717, 1.165) is 11.3 Å². The van der Waals surface area contributed by atoms with Gasteiger partial charge in [0.05, 0.1) is 4.21 Å². The molecule has 0 unspecified atom stereocenters. The number of hydrogen-bond donors (Lipinski definition) is 1. The summed E-state index contributed by atoms with van der Waals surface area (Å²) in [6, 6.07) is 2.63. The highest BCUT2D eigenvalue weighted by Gasteiger charge is 2.47. The second-order valence-corrected chi connectivity index (χ2v) is 4.72. The van der Waals surface area contributed by atoms with Crippen molar-refractivity contribution in [3.05, 3.63) is 17.5 Å². The van der Waals surface area contributed by atoms with Gasteiger partial charge >= 0.3 is 11.2 Å². The third-order valence-corrected chi connectivity index (χ3v) is 3.71. The largest absolute Gasteiger partial charge is 0.476 e. The third kappa shape index (κ3) is 1.92. The first-order valence-corrected chi connectivity index (χ1v) is 5.06. The molecule has 0 aliphatic carbocycles. The minimum atomic E-state index is -4.22. The molecule has 1 heterocycles. The van der Waals surface area contributed by atoms with Crippen LogP contribution in [0.5, 0.6) is 0 Å². The molecule has 3 nitrogen and oxygen atoms in total. The summed E-state index contributed by atoms with van der Waals surface area (Å²) in [5.74, 6) is -2.38. The lowest BCUT2D eigenvalue weighted by Crippen LogP contribution is -2.32. The molecule has 0 saturated carbocycles. The van der Waals surface area contributed by atoms with Crippen LogP contribution in [0, 0.1) is 0 Å². The topological polar surface area (TPSA) is 54.4 Å². The van der Waals surface area contributed by atoms with Crippen molar-refractivity contribution >= 4 is 28.1 Å². The number of thiophene rings is 1. The van der Waals surface area contributed by atoms with Gasteiger partial charge in [-0.05, 0) is 11.4 Å². The predicted octanol–water partition coefficient (Wildman–Crippen LogP) is 1.53. The van der Waals surface area contributed by atoms with Gasteiger partial charge in [0, 0.05) is 0 Å². The molecule has 72 valence electrons. The molecule has 0 fully saturated rings. The van der Waals surface area contributed by atoms with E-state index in [-0.39, 0.29) is 4.21 Å². The highest BCUT2D eigenvalue weighted by molar-refractivity contribution is 7.89. The van der Waals surface area contributed by atoms with Crippen LogP contribution in [0.25, 0.3) is 0 Å². The summed E-state index contributed by atoms with van der Waals surface area (Å²) in [5.41, 5.74) is 0. The van der Waals surface area contributed by atoms with Gasteiger partial charge in [-0.1, -0.05) is 6.07 Å². The lowest BCUT2D eigenvalue weighted by molar-refractivity contribution is -0.153. The van der Waals surface area contributed by atoms with Gasteiger partial charge < -0.3 is 5.11 Å². The van der Waals surface area contributed by atoms with Crippen molar-refractivity contribution in [1.82, 2.24) is 0 Å². The summed E-state index contributed by atoms with van der Waals surface area (Å²) >= 11 is 0.832. The Kier molecular flexibility index (Phi) is 2.77. The van der Waals surface area contributed by atoms with Gasteiger partial charge in [0.1, 0.15) is 10.8 Å². The van der Waals surface area contributed by atoms with E-state index < -0.39 is 22.0 Å². The minimum absolute atomic E-state index is 0.146. The third-order valence-electron chi connectivity index (χ3n) is 1.16. The Balaban J connectivity index is 2.98. The van der Waals surface area contributed by atoms with Crippen LogP contribution in [0.2, 0.25) is 0 Å². The van der Waals surface area contributed by atoms with Crippen molar-refractivity contribution in [3.8, 4) is 0 Å². The van der Waals surface area contributed by atoms with E-state index in [1.807, 2.05) is 0 Å². The lowest BCUT2D eigenvalue weighted by Gasteiger charge is -2.08. The van der Waals surface area contributed by atoms with Crippen molar-refractivity contribution < 1.29 is 22.9 Å². The minimum Gasteiger partial charge on any atom is -0.476 e. The lowest BCUT2D eigenvalue weighted by atomic mass is 10.7. The molecule has 0 radical (unpaired) electrons. The molecule has 0 spiro atoms. The maximum atomic E-state index is 12.6. The molecule has 0 aliphatic heterocycles. The number of carboxylic acids is 1. The average Bonchev–Trinajstić information content (AvgIpc) is 2.54. The van der Waals surface area contributed by atoms with Crippen LogP contribution in [-0.4, -0.2) is 20.5 Å². The number of rotatable bonds is 3. The molecule has 1 N–H and O–H groups in total. The molecule has 0 amide bonds. The molecule has 1 atom stereocenters. The highest BCUT2D eigenvalue weighted by Crippen LogP contribution is 2.27. The highest BCUT2D eigenvalue weighted by atomic mass is 32.2. The molecule has 0 bridgehead atoms. The first-order valence-electron chi connectivity index (χ1n) is 3.03. The molecular weight excluding hydrogens is 222 g/mol. The molecular formula is C6H4F2O3S2. The van der Waals surface area contributed by atoms with Crippen LogP contribution in [0.4, 0.5) is 8.78 Å². The van der Waals surface area contributed by atoms with Crippen molar-refractivity contribution in [2.45, 2.75) is 9.46 Å².